The van der Waals surface area contributed by atoms with Crippen LogP contribution in [0.25, 0.3) is 28.0 Å². The number of hydrogen-bond donors (Lipinski definition) is 0. The summed E-state index contributed by atoms with van der Waals surface area (Å²) in [4.78, 5) is 10.4. The number of hydrogen-bond acceptors (Lipinski definition) is 9. The minimum Gasteiger partial charge on any atom is -0.497 e. The number of rotatable bonds is 6. The third kappa shape index (κ3) is 3.76. The summed E-state index contributed by atoms with van der Waals surface area (Å²) in [5.74, 6) is 1.46. The fourth-order valence-corrected chi connectivity index (χ4v) is 4.45. The van der Waals surface area contributed by atoms with Gasteiger partial charge in [-0.1, -0.05) is 11.8 Å². The Kier molecular flexibility index (Phi) is 5.17. The molecule has 0 bridgehead atoms. The third-order valence-electron chi connectivity index (χ3n) is 5.27. The van der Waals surface area contributed by atoms with E-state index in [1.54, 1.807) is 19.2 Å². The molecule has 2 aromatic carbocycles. The molecule has 10 nitrogen and oxygen atoms in total. The van der Waals surface area contributed by atoms with Gasteiger partial charge in [0.1, 0.15) is 5.75 Å². The maximum atomic E-state index is 10.9. The highest BCUT2D eigenvalue weighted by molar-refractivity contribution is 7.99. The first kappa shape index (κ1) is 20.9. The molecule has 0 saturated heterocycles. The summed E-state index contributed by atoms with van der Waals surface area (Å²) in [7, 11) is 1.64. The van der Waals surface area contributed by atoms with Crippen LogP contribution in [0.15, 0.2) is 58.1 Å². The van der Waals surface area contributed by atoms with E-state index in [-0.39, 0.29) is 10.9 Å². The van der Waals surface area contributed by atoms with Gasteiger partial charge in [0, 0.05) is 29.1 Å². The van der Waals surface area contributed by atoms with Gasteiger partial charge in [-0.15, -0.1) is 20.4 Å². The van der Waals surface area contributed by atoms with Gasteiger partial charge in [-0.3, -0.25) is 14.5 Å². The summed E-state index contributed by atoms with van der Waals surface area (Å²) in [6, 6.07) is 13.9. The van der Waals surface area contributed by atoms with Crippen molar-refractivity contribution in [2.75, 3.05) is 7.11 Å². The molecule has 5 aromatic rings. The lowest BCUT2D eigenvalue weighted by atomic mass is 10.1. The zero-order valence-corrected chi connectivity index (χ0v) is 18.7. The predicted molar refractivity (Wildman–Crippen MR) is 122 cm³/mol. The van der Waals surface area contributed by atoms with Crippen LogP contribution in [-0.2, 0) is 0 Å². The minimum absolute atomic E-state index is 0.000177. The zero-order chi connectivity index (χ0) is 23.1. The first-order valence-electron chi connectivity index (χ1n) is 10.0. The van der Waals surface area contributed by atoms with E-state index in [1.165, 1.54) is 23.9 Å². The number of benzene rings is 2. The molecular weight excluding hydrogens is 444 g/mol. The van der Waals surface area contributed by atoms with Gasteiger partial charge in [-0.05, 0) is 49.7 Å². The Balaban J connectivity index is 1.47. The average Bonchev–Trinajstić information content (AvgIpc) is 3.47. The van der Waals surface area contributed by atoms with Gasteiger partial charge >= 0.3 is 0 Å². The third-order valence-corrected chi connectivity index (χ3v) is 6.30. The maximum absolute atomic E-state index is 10.9. The van der Waals surface area contributed by atoms with Crippen molar-refractivity contribution in [2.45, 2.75) is 24.3 Å². The monoisotopic (exact) mass is 462 g/mol. The number of nitro groups is 1. The fourth-order valence-electron chi connectivity index (χ4n) is 3.56. The second-order valence-corrected chi connectivity index (χ2v) is 8.70. The van der Waals surface area contributed by atoms with Crippen LogP contribution >= 0.6 is 11.8 Å². The van der Waals surface area contributed by atoms with Gasteiger partial charge < -0.3 is 9.15 Å². The molecule has 0 saturated carbocycles. The number of non-ortho nitro benzene ring substituents is 1. The summed E-state index contributed by atoms with van der Waals surface area (Å²) in [6.07, 6.45) is 0. The summed E-state index contributed by atoms with van der Waals surface area (Å²) in [5, 5.41) is 29.4. The zero-order valence-electron chi connectivity index (χ0n) is 17.9. The van der Waals surface area contributed by atoms with E-state index in [4.69, 9.17) is 9.15 Å². The Hall–Kier alpha value is -3.99. The molecule has 3 heterocycles. The summed E-state index contributed by atoms with van der Waals surface area (Å²) in [5.41, 5.74) is 3.39. The van der Waals surface area contributed by atoms with E-state index >= 15 is 0 Å². The molecule has 166 valence electrons. The minimum atomic E-state index is -0.453. The van der Waals surface area contributed by atoms with E-state index in [9.17, 15) is 10.1 Å². The normalized spacial score (nSPS) is 12.3. The van der Waals surface area contributed by atoms with Crippen LogP contribution in [0.4, 0.5) is 5.69 Å². The number of thioether (sulfide) groups is 1. The Labute approximate surface area is 191 Å². The smallest absolute Gasteiger partial charge is 0.269 e. The van der Waals surface area contributed by atoms with Gasteiger partial charge in [-0.2, -0.15) is 0 Å². The highest BCUT2D eigenvalue weighted by atomic mass is 32.2. The molecule has 0 radical (unpaired) electrons. The maximum Gasteiger partial charge on any atom is 0.269 e. The van der Waals surface area contributed by atoms with Crippen molar-refractivity contribution in [2.24, 2.45) is 0 Å². The van der Waals surface area contributed by atoms with E-state index < -0.39 is 4.92 Å². The van der Waals surface area contributed by atoms with E-state index in [1.807, 2.05) is 42.5 Å². The topological polar surface area (TPSA) is 121 Å². The van der Waals surface area contributed by atoms with Gasteiger partial charge in [0.25, 0.3) is 5.69 Å². The van der Waals surface area contributed by atoms with Crippen molar-refractivity contribution in [1.82, 2.24) is 24.8 Å². The van der Waals surface area contributed by atoms with E-state index in [2.05, 4.69) is 20.4 Å². The Bertz CT molecular complexity index is 1490. The molecule has 3 aromatic heterocycles. The van der Waals surface area contributed by atoms with Gasteiger partial charge in [0.05, 0.1) is 22.8 Å². The molecule has 11 heteroatoms. The molecule has 0 fully saturated rings. The number of aromatic nitrogens is 5. The molecule has 0 N–H and O–H groups in total. The van der Waals surface area contributed by atoms with Crippen molar-refractivity contribution < 1.29 is 14.1 Å². The second kappa shape index (κ2) is 8.17. The number of aryl methyl sites for hydroxylation is 1. The number of methoxy groups -OCH3 is 1. The molecule has 0 aliphatic carbocycles. The lowest BCUT2D eigenvalue weighted by molar-refractivity contribution is -0.384. The molecule has 0 aliphatic heterocycles. The predicted octanol–water partition coefficient (Wildman–Crippen LogP) is 5.01. The summed E-state index contributed by atoms with van der Waals surface area (Å²) < 4.78 is 13.2. The van der Waals surface area contributed by atoms with Gasteiger partial charge in [0.15, 0.2) is 10.8 Å². The SMILES string of the molecule is COc1ccc2c(C)cc3nnc(SC(C)c4nnc(-c5ccc([N+](=O)[O-])cc5)o4)n3c2c1. The van der Waals surface area contributed by atoms with E-state index in [0.29, 0.717) is 22.5 Å². The van der Waals surface area contributed by atoms with Crippen molar-refractivity contribution in [1.29, 1.82) is 0 Å². The quantitative estimate of drug-likeness (QED) is 0.195. The summed E-state index contributed by atoms with van der Waals surface area (Å²) in [6.45, 7) is 3.98. The molecule has 0 aliphatic rings. The van der Waals surface area contributed by atoms with Crippen molar-refractivity contribution in [3.63, 3.8) is 0 Å². The van der Waals surface area contributed by atoms with Crippen molar-refractivity contribution >= 4 is 34.0 Å². The van der Waals surface area contributed by atoms with Crippen LogP contribution in [0.2, 0.25) is 0 Å². The Morgan fingerprint density at radius 1 is 1.09 bits per heavy atom. The molecule has 1 unspecified atom stereocenters. The molecule has 0 amide bonds. The lowest BCUT2D eigenvalue weighted by Gasteiger charge is -2.10. The van der Waals surface area contributed by atoms with Crippen LogP contribution in [0, 0.1) is 17.0 Å². The molecular formula is C22H18N6O4S. The number of nitrogens with zero attached hydrogens (tertiary/aromatic N) is 6. The van der Waals surface area contributed by atoms with Crippen molar-refractivity contribution in [3.05, 3.63) is 70.1 Å². The van der Waals surface area contributed by atoms with Gasteiger partial charge in [0.2, 0.25) is 11.8 Å². The van der Waals surface area contributed by atoms with Crippen LogP contribution in [0.1, 0.15) is 23.6 Å². The first-order chi connectivity index (χ1) is 15.9. The largest absolute Gasteiger partial charge is 0.497 e. The Morgan fingerprint density at radius 2 is 1.88 bits per heavy atom. The van der Waals surface area contributed by atoms with Crippen LogP contribution in [0.3, 0.4) is 0 Å². The highest BCUT2D eigenvalue weighted by Gasteiger charge is 2.21. The van der Waals surface area contributed by atoms with Crippen LogP contribution in [-0.4, -0.2) is 36.8 Å². The second-order valence-electron chi connectivity index (χ2n) is 7.40. The summed E-state index contributed by atoms with van der Waals surface area (Å²) >= 11 is 1.44. The Morgan fingerprint density at radius 3 is 2.61 bits per heavy atom. The van der Waals surface area contributed by atoms with Crippen LogP contribution < -0.4 is 4.74 Å². The number of ether oxygens (including phenoxy) is 1. The first-order valence-corrected chi connectivity index (χ1v) is 10.9. The lowest BCUT2D eigenvalue weighted by Crippen LogP contribution is -1.96. The fraction of sp³-hybridized carbons (Fsp3) is 0.182. The van der Waals surface area contributed by atoms with Crippen molar-refractivity contribution in [3.8, 4) is 17.2 Å². The number of nitro benzene ring substituents is 1. The van der Waals surface area contributed by atoms with E-state index in [0.717, 1.165) is 27.9 Å². The highest BCUT2D eigenvalue weighted by Crippen LogP contribution is 2.36. The molecule has 5 rings (SSSR count). The number of pyridine rings is 1. The van der Waals surface area contributed by atoms with Crippen LogP contribution in [0.5, 0.6) is 5.75 Å². The molecule has 1 atom stereocenters. The average molecular weight is 462 g/mol. The molecule has 33 heavy (non-hydrogen) atoms. The van der Waals surface area contributed by atoms with Gasteiger partial charge in [-0.25, -0.2) is 0 Å². The standard InChI is InChI=1S/C22H18N6O4S/c1-12-10-19-23-26-22(27(19)18-11-16(31-3)8-9-17(12)18)33-13(2)20-24-25-21(32-20)14-4-6-15(7-5-14)28(29)30/h4-11,13H,1-3H3. The number of fused-ring (bicyclic) bond motifs is 3. The molecule has 0 spiro atoms.